The van der Waals surface area contributed by atoms with Crippen molar-refractivity contribution in [3.63, 3.8) is 0 Å². The minimum atomic E-state index is 0. The second kappa shape index (κ2) is 2.65. The van der Waals surface area contributed by atoms with E-state index in [1.165, 1.54) is 6.33 Å². The molecule has 0 amide bonds. The highest BCUT2D eigenvalue weighted by atomic mass is 15.0. The minimum Gasteiger partial charge on any atom is -0.342 e. The number of hydrogen-bond donors (Lipinski definition) is 1. The van der Waals surface area contributed by atoms with Crippen LogP contribution in [0.5, 0.6) is 0 Å². The molecule has 0 aliphatic rings. The van der Waals surface area contributed by atoms with Gasteiger partial charge in [0.05, 0.1) is 12.0 Å². The van der Waals surface area contributed by atoms with Gasteiger partial charge in [-0.3, -0.25) is 0 Å². The van der Waals surface area contributed by atoms with Crippen LogP contribution in [0, 0.1) is 6.92 Å². The maximum atomic E-state index is 4.00. The third kappa shape index (κ3) is 1.07. The Bertz CT molecular complexity index is 352. The number of nitrogens with one attached hydrogen (secondary N) is 1. The molecule has 0 aliphatic heterocycles. The Morgan fingerprint density at radius 3 is 2.82 bits per heavy atom. The van der Waals surface area contributed by atoms with Gasteiger partial charge in [0.2, 0.25) is 0 Å². The lowest BCUT2D eigenvalue weighted by Crippen LogP contribution is -1.84. The minimum absolute atomic E-state index is 0. The smallest absolute Gasteiger partial charge is 0.180 e. The van der Waals surface area contributed by atoms with Crippen molar-refractivity contribution >= 4 is 11.2 Å². The Balaban J connectivity index is 0.000000605. The highest BCUT2D eigenvalue weighted by molar-refractivity contribution is 5.71. The van der Waals surface area contributed by atoms with E-state index in [2.05, 4.69) is 19.9 Å². The monoisotopic (exact) mass is 150 g/mol. The summed E-state index contributed by atoms with van der Waals surface area (Å²) in [6, 6.07) is 0. The van der Waals surface area contributed by atoms with Gasteiger partial charge in [-0.15, -0.1) is 0 Å². The van der Waals surface area contributed by atoms with Gasteiger partial charge in [-0.05, 0) is 6.92 Å². The first-order valence-electron chi connectivity index (χ1n) is 2.98. The zero-order valence-corrected chi connectivity index (χ0v) is 5.50. The summed E-state index contributed by atoms with van der Waals surface area (Å²) in [6.45, 7) is 1.92. The molecule has 0 aliphatic carbocycles. The summed E-state index contributed by atoms with van der Waals surface area (Å²) in [5.74, 6) is 0. The van der Waals surface area contributed by atoms with Gasteiger partial charge in [-0.25, -0.2) is 15.0 Å². The number of aryl methyl sites for hydroxylation is 1. The Morgan fingerprint density at radius 2 is 2.09 bits per heavy atom. The molecular formula is C7H10N4. The predicted molar refractivity (Wildman–Crippen MR) is 43.2 cm³/mol. The van der Waals surface area contributed by atoms with E-state index in [4.69, 9.17) is 0 Å². The first kappa shape index (κ1) is 7.65. The van der Waals surface area contributed by atoms with Gasteiger partial charge in [-0.1, -0.05) is 7.43 Å². The molecule has 58 valence electrons. The Morgan fingerprint density at radius 1 is 1.27 bits per heavy atom. The van der Waals surface area contributed by atoms with Crippen molar-refractivity contribution in [2.45, 2.75) is 14.4 Å². The van der Waals surface area contributed by atoms with E-state index in [9.17, 15) is 0 Å². The van der Waals surface area contributed by atoms with E-state index < -0.39 is 0 Å². The van der Waals surface area contributed by atoms with Crippen LogP contribution in [0.2, 0.25) is 0 Å². The zero-order valence-electron chi connectivity index (χ0n) is 5.50. The van der Waals surface area contributed by atoms with Crippen LogP contribution < -0.4 is 0 Å². The van der Waals surface area contributed by atoms with Gasteiger partial charge in [0.15, 0.2) is 5.65 Å². The lowest BCUT2D eigenvalue weighted by atomic mass is 10.4. The average molecular weight is 150 g/mol. The first-order valence-corrected chi connectivity index (χ1v) is 2.98. The number of aromatic amines is 1. The van der Waals surface area contributed by atoms with Gasteiger partial charge in [-0.2, -0.15) is 0 Å². The van der Waals surface area contributed by atoms with Crippen molar-refractivity contribution in [2.75, 3.05) is 0 Å². The van der Waals surface area contributed by atoms with E-state index in [1.54, 1.807) is 6.33 Å². The normalized spacial score (nSPS) is 9.55. The Hall–Kier alpha value is -1.45. The number of rotatable bonds is 0. The van der Waals surface area contributed by atoms with Gasteiger partial charge < -0.3 is 4.98 Å². The number of H-pyrrole nitrogens is 1. The second-order valence-electron chi connectivity index (χ2n) is 2.06. The van der Waals surface area contributed by atoms with Gasteiger partial charge in [0, 0.05) is 0 Å². The van der Waals surface area contributed by atoms with E-state index in [0.717, 1.165) is 16.9 Å². The molecule has 4 nitrogen and oxygen atoms in total. The van der Waals surface area contributed by atoms with Crippen molar-refractivity contribution in [1.29, 1.82) is 0 Å². The topological polar surface area (TPSA) is 54.5 Å². The number of imidazole rings is 1. The fourth-order valence-corrected chi connectivity index (χ4v) is 0.886. The molecule has 1 N–H and O–H groups in total. The second-order valence-corrected chi connectivity index (χ2v) is 2.06. The quantitative estimate of drug-likeness (QED) is 0.615. The van der Waals surface area contributed by atoms with Crippen LogP contribution in [-0.2, 0) is 0 Å². The third-order valence-corrected chi connectivity index (χ3v) is 1.41. The number of hydrogen-bond acceptors (Lipinski definition) is 3. The number of nitrogens with zero attached hydrogens (tertiary/aromatic N) is 3. The van der Waals surface area contributed by atoms with Crippen molar-refractivity contribution in [3.8, 4) is 0 Å². The van der Waals surface area contributed by atoms with E-state index >= 15 is 0 Å². The zero-order chi connectivity index (χ0) is 6.97. The van der Waals surface area contributed by atoms with E-state index in [1.807, 2.05) is 6.92 Å². The van der Waals surface area contributed by atoms with E-state index in [-0.39, 0.29) is 7.43 Å². The molecule has 11 heavy (non-hydrogen) atoms. The van der Waals surface area contributed by atoms with Crippen LogP contribution in [0.25, 0.3) is 11.2 Å². The molecule has 2 heterocycles. The third-order valence-electron chi connectivity index (χ3n) is 1.41. The van der Waals surface area contributed by atoms with Crippen LogP contribution >= 0.6 is 0 Å². The molecule has 2 aromatic rings. The number of fused-ring (bicyclic) bond motifs is 1. The van der Waals surface area contributed by atoms with Crippen molar-refractivity contribution in [2.24, 2.45) is 0 Å². The molecule has 2 rings (SSSR count). The lowest BCUT2D eigenvalue weighted by molar-refractivity contribution is 1.14. The molecule has 0 unspecified atom stereocenters. The Labute approximate surface area is 64.7 Å². The van der Waals surface area contributed by atoms with Gasteiger partial charge in [0.1, 0.15) is 11.8 Å². The molecule has 2 aromatic heterocycles. The molecule has 0 spiro atoms. The van der Waals surface area contributed by atoms with Crippen LogP contribution in [-0.4, -0.2) is 19.9 Å². The summed E-state index contributed by atoms with van der Waals surface area (Å²) in [5.41, 5.74) is 2.58. The summed E-state index contributed by atoms with van der Waals surface area (Å²) in [7, 11) is 0. The summed E-state index contributed by atoms with van der Waals surface area (Å²) in [5, 5.41) is 0. The number of aromatic nitrogens is 4. The first-order chi connectivity index (χ1) is 4.88. The fourth-order valence-electron chi connectivity index (χ4n) is 0.886. The Kier molecular flexibility index (Phi) is 1.85. The van der Waals surface area contributed by atoms with Crippen LogP contribution in [0.1, 0.15) is 13.1 Å². The summed E-state index contributed by atoms with van der Waals surface area (Å²) >= 11 is 0. The highest BCUT2D eigenvalue weighted by Crippen LogP contribution is 2.06. The van der Waals surface area contributed by atoms with Crippen LogP contribution in [0.4, 0.5) is 0 Å². The standard InChI is InChI=1S/C6H6N4.CH4/c1-4-5-6(9-2-7-4)10-3-8-5;/h2-3H,1H3,(H,7,8,9,10);1H4. The largest absolute Gasteiger partial charge is 0.342 e. The molecule has 0 radical (unpaired) electrons. The molecule has 0 aromatic carbocycles. The average Bonchev–Trinajstić information content (AvgIpc) is 2.36. The fraction of sp³-hybridized carbons (Fsp3) is 0.286. The van der Waals surface area contributed by atoms with Gasteiger partial charge in [0.25, 0.3) is 0 Å². The summed E-state index contributed by atoms with van der Waals surface area (Å²) in [6.07, 6.45) is 3.13. The molecule has 0 fully saturated rings. The SMILES string of the molecule is C.Cc1ncnc2nc[nH]c12. The van der Waals surface area contributed by atoms with Crippen molar-refractivity contribution in [3.05, 3.63) is 18.3 Å². The van der Waals surface area contributed by atoms with Crippen LogP contribution in [0.3, 0.4) is 0 Å². The summed E-state index contributed by atoms with van der Waals surface area (Å²) < 4.78 is 0. The van der Waals surface area contributed by atoms with Gasteiger partial charge >= 0.3 is 0 Å². The van der Waals surface area contributed by atoms with Crippen molar-refractivity contribution in [1.82, 2.24) is 19.9 Å². The molecule has 0 saturated carbocycles. The molecule has 0 atom stereocenters. The maximum Gasteiger partial charge on any atom is 0.180 e. The molecular weight excluding hydrogens is 140 g/mol. The van der Waals surface area contributed by atoms with Crippen LogP contribution in [0.15, 0.2) is 12.7 Å². The maximum absolute atomic E-state index is 4.00. The molecule has 0 bridgehead atoms. The predicted octanol–water partition coefficient (Wildman–Crippen LogP) is 1.30. The highest BCUT2D eigenvalue weighted by Gasteiger charge is 1.98. The molecule has 0 saturated heterocycles. The molecule has 4 heteroatoms. The van der Waals surface area contributed by atoms with E-state index in [0.29, 0.717) is 0 Å². The van der Waals surface area contributed by atoms with Crippen molar-refractivity contribution < 1.29 is 0 Å². The lowest BCUT2D eigenvalue weighted by Gasteiger charge is -1.89. The summed E-state index contributed by atoms with van der Waals surface area (Å²) in [4.78, 5) is 14.9.